The number of nitrogens with one attached hydrogen (secondary N) is 1. The smallest absolute Gasteiger partial charge is 0.272 e. The van der Waals surface area contributed by atoms with E-state index >= 15 is 0 Å². The van der Waals surface area contributed by atoms with Crippen molar-refractivity contribution in [2.75, 3.05) is 24.5 Å². The van der Waals surface area contributed by atoms with E-state index in [0.717, 1.165) is 42.8 Å². The van der Waals surface area contributed by atoms with Gasteiger partial charge in [0.05, 0.1) is 5.52 Å². The summed E-state index contributed by atoms with van der Waals surface area (Å²) in [6, 6.07) is 9.61. The molecule has 7 nitrogen and oxygen atoms in total. The molecule has 3 aromatic rings. The molecule has 0 radical (unpaired) electrons. The van der Waals surface area contributed by atoms with Crippen LogP contribution in [0.4, 0.5) is 5.95 Å². The summed E-state index contributed by atoms with van der Waals surface area (Å²) >= 11 is 0. The third-order valence-electron chi connectivity index (χ3n) is 4.88. The van der Waals surface area contributed by atoms with Crippen LogP contribution in [-0.2, 0) is 7.05 Å². The molecular weight excluding hydrogens is 328 g/mol. The van der Waals surface area contributed by atoms with Crippen LogP contribution in [0.25, 0.3) is 10.9 Å². The molecule has 1 unspecified atom stereocenters. The van der Waals surface area contributed by atoms with Crippen molar-refractivity contribution in [1.82, 2.24) is 25.1 Å². The van der Waals surface area contributed by atoms with Gasteiger partial charge in [-0.15, -0.1) is 0 Å². The number of anilines is 1. The van der Waals surface area contributed by atoms with Crippen LogP contribution in [0.3, 0.4) is 0 Å². The zero-order valence-corrected chi connectivity index (χ0v) is 14.8. The van der Waals surface area contributed by atoms with Gasteiger partial charge in [0.25, 0.3) is 5.91 Å². The highest BCUT2D eigenvalue weighted by atomic mass is 16.1. The second-order valence-corrected chi connectivity index (χ2v) is 6.70. The number of aromatic nitrogens is 4. The SMILES string of the molecule is Cn1nc(C(=O)NCC2CCCN(c3ncccn3)C2)c2ccccc21. The van der Waals surface area contributed by atoms with Crippen molar-refractivity contribution in [1.29, 1.82) is 0 Å². The summed E-state index contributed by atoms with van der Waals surface area (Å²) in [5.74, 6) is 1.03. The Labute approximate surface area is 152 Å². The van der Waals surface area contributed by atoms with E-state index in [9.17, 15) is 4.79 Å². The van der Waals surface area contributed by atoms with Gasteiger partial charge in [0.1, 0.15) is 0 Å². The van der Waals surface area contributed by atoms with E-state index in [0.29, 0.717) is 18.2 Å². The van der Waals surface area contributed by atoms with Crippen LogP contribution in [-0.4, -0.2) is 45.3 Å². The number of nitrogens with zero attached hydrogens (tertiary/aromatic N) is 5. The normalized spacial score (nSPS) is 17.4. The number of benzene rings is 1. The molecule has 1 atom stereocenters. The van der Waals surface area contributed by atoms with Crippen molar-refractivity contribution in [3.05, 3.63) is 48.4 Å². The Morgan fingerprint density at radius 1 is 1.23 bits per heavy atom. The summed E-state index contributed by atoms with van der Waals surface area (Å²) in [6.45, 7) is 2.44. The molecule has 0 bridgehead atoms. The Balaban J connectivity index is 1.41. The van der Waals surface area contributed by atoms with Gasteiger partial charge in [-0.25, -0.2) is 9.97 Å². The highest BCUT2D eigenvalue weighted by molar-refractivity contribution is 6.04. The Morgan fingerprint density at radius 3 is 2.88 bits per heavy atom. The van der Waals surface area contributed by atoms with Gasteiger partial charge >= 0.3 is 0 Å². The zero-order chi connectivity index (χ0) is 17.9. The number of fused-ring (bicyclic) bond motifs is 1. The molecule has 7 heteroatoms. The Kier molecular flexibility index (Phi) is 4.51. The van der Waals surface area contributed by atoms with E-state index in [4.69, 9.17) is 0 Å². The molecule has 1 N–H and O–H groups in total. The molecular formula is C19H22N6O. The first-order chi connectivity index (χ1) is 12.7. The molecule has 134 valence electrons. The predicted octanol–water partition coefficient (Wildman–Crippen LogP) is 2.01. The molecule has 1 aromatic carbocycles. The fourth-order valence-corrected chi connectivity index (χ4v) is 3.57. The van der Waals surface area contributed by atoms with Crippen LogP contribution in [0.2, 0.25) is 0 Å². The van der Waals surface area contributed by atoms with Gasteiger partial charge in [-0.05, 0) is 30.9 Å². The van der Waals surface area contributed by atoms with E-state index in [1.807, 2.05) is 37.4 Å². The van der Waals surface area contributed by atoms with Gasteiger partial charge in [-0.2, -0.15) is 5.10 Å². The molecule has 3 heterocycles. The fourth-order valence-electron chi connectivity index (χ4n) is 3.57. The third-order valence-corrected chi connectivity index (χ3v) is 4.88. The van der Waals surface area contributed by atoms with Gasteiger partial charge in [-0.3, -0.25) is 9.48 Å². The molecule has 0 saturated carbocycles. The summed E-state index contributed by atoms with van der Waals surface area (Å²) in [5.41, 5.74) is 1.45. The number of amides is 1. The number of piperidine rings is 1. The summed E-state index contributed by atoms with van der Waals surface area (Å²) in [6.07, 6.45) is 5.69. The van der Waals surface area contributed by atoms with Gasteiger partial charge in [0.2, 0.25) is 5.95 Å². The topological polar surface area (TPSA) is 75.9 Å². The van der Waals surface area contributed by atoms with E-state index in [1.54, 1.807) is 17.1 Å². The lowest BCUT2D eigenvalue weighted by atomic mass is 9.98. The monoisotopic (exact) mass is 350 g/mol. The molecule has 4 rings (SSSR count). The fraction of sp³-hybridized carbons (Fsp3) is 0.368. The molecule has 1 aliphatic heterocycles. The first-order valence-corrected chi connectivity index (χ1v) is 8.94. The van der Waals surface area contributed by atoms with Crippen molar-refractivity contribution in [3.63, 3.8) is 0 Å². The second kappa shape index (κ2) is 7.11. The summed E-state index contributed by atoms with van der Waals surface area (Å²) < 4.78 is 1.75. The maximum Gasteiger partial charge on any atom is 0.272 e. The van der Waals surface area contributed by atoms with Crippen LogP contribution in [0.15, 0.2) is 42.7 Å². The molecule has 2 aromatic heterocycles. The van der Waals surface area contributed by atoms with Crippen molar-refractivity contribution in [2.24, 2.45) is 13.0 Å². The molecule has 1 fully saturated rings. The molecule has 1 aliphatic rings. The minimum Gasteiger partial charge on any atom is -0.350 e. The third kappa shape index (κ3) is 3.24. The van der Waals surface area contributed by atoms with Crippen molar-refractivity contribution < 1.29 is 4.79 Å². The first-order valence-electron chi connectivity index (χ1n) is 8.94. The van der Waals surface area contributed by atoms with E-state index in [2.05, 4.69) is 25.3 Å². The van der Waals surface area contributed by atoms with Crippen molar-refractivity contribution in [2.45, 2.75) is 12.8 Å². The highest BCUT2D eigenvalue weighted by Crippen LogP contribution is 2.20. The second-order valence-electron chi connectivity index (χ2n) is 6.70. The molecule has 0 spiro atoms. The summed E-state index contributed by atoms with van der Waals surface area (Å²) in [5, 5.41) is 8.34. The van der Waals surface area contributed by atoms with Crippen LogP contribution < -0.4 is 10.2 Å². The Hall–Kier alpha value is -2.96. The molecule has 0 aliphatic carbocycles. The maximum atomic E-state index is 12.6. The Morgan fingerprint density at radius 2 is 2.04 bits per heavy atom. The number of carbonyl (C=O) groups is 1. The lowest BCUT2D eigenvalue weighted by Crippen LogP contribution is -2.41. The lowest BCUT2D eigenvalue weighted by Gasteiger charge is -2.32. The van der Waals surface area contributed by atoms with E-state index in [-0.39, 0.29) is 5.91 Å². The maximum absolute atomic E-state index is 12.6. The highest BCUT2D eigenvalue weighted by Gasteiger charge is 2.23. The van der Waals surface area contributed by atoms with Crippen molar-refractivity contribution >= 4 is 22.8 Å². The van der Waals surface area contributed by atoms with Gasteiger partial charge in [0.15, 0.2) is 5.69 Å². The van der Waals surface area contributed by atoms with Crippen molar-refractivity contribution in [3.8, 4) is 0 Å². The number of hydrogen-bond acceptors (Lipinski definition) is 5. The van der Waals surface area contributed by atoms with Crippen LogP contribution in [0, 0.1) is 5.92 Å². The summed E-state index contributed by atoms with van der Waals surface area (Å²) in [7, 11) is 1.86. The van der Waals surface area contributed by atoms with Crippen LogP contribution in [0.1, 0.15) is 23.3 Å². The number of aryl methyl sites for hydroxylation is 1. The average molecular weight is 350 g/mol. The van der Waals surface area contributed by atoms with E-state index < -0.39 is 0 Å². The lowest BCUT2D eigenvalue weighted by molar-refractivity contribution is 0.0941. The van der Waals surface area contributed by atoms with Gasteiger partial charge in [0, 0.05) is 44.5 Å². The molecule has 1 saturated heterocycles. The van der Waals surface area contributed by atoms with Crippen LogP contribution >= 0.6 is 0 Å². The number of hydrogen-bond donors (Lipinski definition) is 1. The first kappa shape index (κ1) is 16.5. The standard InChI is InChI=1S/C19H22N6O/c1-24-16-8-3-2-7-15(16)17(23-24)18(26)22-12-14-6-4-11-25(13-14)19-20-9-5-10-21-19/h2-3,5,7-10,14H,4,6,11-13H2,1H3,(H,22,26). The number of rotatable bonds is 4. The minimum absolute atomic E-state index is 0.116. The predicted molar refractivity (Wildman–Crippen MR) is 100 cm³/mol. The average Bonchev–Trinajstić information content (AvgIpc) is 3.04. The van der Waals surface area contributed by atoms with Gasteiger partial charge < -0.3 is 10.2 Å². The molecule has 26 heavy (non-hydrogen) atoms. The molecule has 1 amide bonds. The largest absolute Gasteiger partial charge is 0.350 e. The summed E-state index contributed by atoms with van der Waals surface area (Å²) in [4.78, 5) is 23.5. The van der Waals surface area contributed by atoms with Crippen LogP contribution in [0.5, 0.6) is 0 Å². The Bertz CT molecular complexity index is 907. The zero-order valence-electron chi connectivity index (χ0n) is 14.8. The van der Waals surface area contributed by atoms with E-state index in [1.165, 1.54) is 0 Å². The quantitative estimate of drug-likeness (QED) is 0.779. The number of carbonyl (C=O) groups excluding carboxylic acids is 1. The van der Waals surface area contributed by atoms with Gasteiger partial charge in [-0.1, -0.05) is 18.2 Å². The number of para-hydroxylation sites is 1. The minimum atomic E-state index is -0.116.